The molecule has 1 amide bonds. The number of carbonyl (C=O) groups is 1. The molecule has 1 heterocycles. The minimum Gasteiger partial charge on any atom is -0.403 e. The fourth-order valence-corrected chi connectivity index (χ4v) is 2.50. The number of nitrogens with zero attached hydrogens (tertiary/aromatic N) is 2. The zero-order valence-electron chi connectivity index (χ0n) is 14.0. The van der Waals surface area contributed by atoms with Crippen LogP contribution in [0, 0.1) is 5.82 Å². The molecule has 13 heteroatoms. The molecule has 1 aromatic heterocycles. The molecule has 0 radical (unpaired) electrons. The Bertz CT molecular complexity index is 890. The third kappa shape index (κ3) is 4.84. The van der Waals surface area contributed by atoms with Gasteiger partial charge in [-0.15, -0.1) is 13.2 Å². The normalized spacial score (nSPS) is 13.4. The van der Waals surface area contributed by atoms with E-state index < -0.39 is 59.6 Å². The highest BCUT2D eigenvalue weighted by atomic mass is 19.4. The number of nitrogens with two attached hydrogens (primary N) is 2. The van der Waals surface area contributed by atoms with Crippen molar-refractivity contribution in [2.75, 3.05) is 5.73 Å². The molecule has 28 heavy (non-hydrogen) atoms. The lowest BCUT2D eigenvalue weighted by molar-refractivity contribution is -0.275. The Hall–Kier alpha value is -2.99. The summed E-state index contributed by atoms with van der Waals surface area (Å²) in [6.45, 7) is 1.34. The second kappa shape index (κ2) is 7.20. The summed E-state index contributed by atoms with van der Waals surface area (Å²) in [4.78, 5) is 11.5. The van der Waals surface area contributed by atoms with Crippen molar-refractivity contribution < 1.29 is 40.3 Å². The molecule has 1 aromatic carbocycles. The lowest BCUT2D eigenvalue weighted by Crippen LogP contribution is -2.19. The van der Waals surface area contributed by atoms with Crippen molar-refractivity contribution >= 4 is 11.7 Å². The average molecular weight is 414 g/mol. The number of primary amides is 1. The van der Waals surface area contributed by atoms with Crippen molar-refractivity contribution in [3.8, 4) is 5.75 Å². The highest BCUT2D eigenvalue weighted by molar-refractivity contribution is 5.98. The van der Waals surface area contributed by atoms with E-state index in [0.29, 0.717) is 12.1 Å². The number of hydrogen-bond donors (Lipinski definition) is 2. The van der Waals surface area contributed by atoms with Crippen molar-refractivity contribution in [2.24, 2.45) is 5.73 Å². The first kappa shape index (κ1) is 21.3. The summed E-state index contributed by atoms with van der Waals surface area (Å²) in [6.07, 6.45) is -11.4. The average Bonchev–Trinajstić information content (AvgIpc) is 2.81. The number of carbonyl (C=O) groups excluding carboxylic acids is 1. The topological polar surface area (TPSA) is 96.2 Å². The first-order valence-electron chi connectivity index (χ1n) is 7.48. The number of rotatable bonds is 5. The molecule has 4 N–H and O–H groups in total. The van der Waals surface area contributed by atoms with Crippen LogP contribution in [0.4, 0.5) is 36.6 Å². The number of nitrogen functional groups attached to an aromatic ring is 1. The maximum absolute atomic E-state index is 13.9. The van der Waals surface area contributed by atoms with Gasteiger partial charge in [0.05, 0.1) is 18.2 Å². The van der Waals surface area contributed by atoms with Crippen LogP contribution in [-0.4, -0.2) is 28.2 Å². The molecule has 0 bridgehead atoms. The van der Waals surface area contributed by atoms with Crippen LogP contribution >= 0.6 is 0 Å². The van der Waals surface area contributed by atoms with Crippen molar-refractivity contribution in [3.05, 3.63) is 40.8 Å². The van der Waals surface area contributed by atoms with E-state index in [2.05, 4.69) is 9.84 Å². The van der Waals surface area contributed by atoms with Gasteiger partial charge in [-0.2, -0.15) is 18.3 Å². The fourth-order valence-electron chi connectivity index (χ4n) is 2.50. The van der Waals surface area contributed by atoms with Crippen LogP contribution in [0.15, 0.2) is 18.2 Å². The Labute approximate surface area is 152 Å². The SMILES string of the molecule is CC(c1ccc(OC(F)(F)F)c(F)c1)n1nc(CC(F)(F)F)c(C(N)=O)c1N. The third-order valence-corrected chi connectivity index (χ3v) is 3.67. The van der Waals surface area contributed by atoms with E-state index in [1.54, 1.807) is 0 Å². The van der Waals surface area contributed by atoms with Crippen LogP contribution in [0.1, 0.15) is 34.6 Å². The Morgan fingerprint density at radius 1 is 1.25 bits per heavy atom. The summed E-state index contributed by atoms with van der Waals surface area (Å²) in [5, 5.41) is 3.64. The quantitative estimate of drug-likeness (QED) is 0.734. The molecular formula is C15H13F7N4O2. The molecule has 0 saturated heterocycles. The standard InChI is InChI=1S/C15H13F7N4O2/c1-6(7-2-3-10(8(16)4-7)28-15(20,21)22)26-12(23)11(13(24)27)9(25-26)5-14(17,18)19/h2-4,6H,5,23H2,1H3,(H2,24,27). The van der Waals surface area contributed by atoms with E-state index in [9.17, 15) is 35.5 Å². The van der Waals surface area contributed by atoms with Crippen LogP contribution in [0.25, 0.3) is 0 Å². The lowest BCUT2D eigenvalue weighted by atomic mass is 10.1. The van der Waals surface area contributed by atoms with E-state index in [0.717, 1.165) is 10.7 Å². The molecule has 0 spiro atoms. The summed E-state index contributed by atoms with van der Waals surface area (Å²) < 4.78 is 92.8. The summed E-state index contributed by atoms with van der Waals surface area (Å²) in [5.74, 6) is -4.18. The Morgan fingerprint density at radius 3 is 2.32 bits per heavy atom. The molecule has 2 rings (SSSR count). The molecule has 1 unspecified atom stereocenters. The minimum atomic E-state index is -5.11. The molecule has 0 aliphatic carbocycles. The molecule has 1 atom stereocenters. The summed E-state index contributed by atoms with van der Waals surface area (Å²) in [6, 6.07) is 1.39. The second-order valence-electron chi connectivity index (χ2n) is 5.72. The van der Waals surface area contributed by atoms with Gasteiger partial charge in [0.2, 0.25) is 0 Å². The van der Waals surface area contributed by atoms with Gasteiger partial charge >= 0.3 is 12.5 Å². The van der Waals surface area contributed by atoms with Crippen LogP contribution in [0.2, 0.25) is 0 Å². The largest absolute Gasteiger partial charge is 0.573 e. The van der Waals surface area contributed by atoms with Crippen molar-refractivity contribution in [1.29, 1.82) is 0 Å². The predicted octanol–water partition coefficient (Wildman–Crippen LogP) is 3.32. The van der Waals surface area contributed by atoms with Gasteiger partial charge in [-0.05, 0) is 24.6 Å². The number of ether oxygens (including phenoxy) is 1. The number of benzene rings is 1. The summed E-state index contributed by atoms with van der Waals surface area (Å²) in [5.41, 5.74) is 9.40. The zero-order chi connectivity index (χ0) is 21.4. The van der Waals surface area contributed by atoms with Crippen molar-refractivity contribution in [3.63, 3.8) is 0 Å². The Kier molecular flexibility index (Phi) is 5.48. The van der Waals surface area contributed by atoms with E-state index in [1.807, 2.05) is 0 Å². The van der Waals surface area contributed by atoms with Gasteiger partial charge in [0.25, 0.3) is 5.91 Å². The molecule has 154 valence electrons. The molecule has 0 aliphatic heterocycles. The van der Waals surface area contributed by atoms with E-state index in [4.69, 9.17) is 11.5 Å². The minimum absolute atomic E-state index is 0.0100. The predicted molar refractivity (Wildman–Crippen MR) is 81.8 cm³/mol. The smallest absolute Gasteiger partial charge is 0.403 e. The lowest BCUT2D eigenvalue weighted by Gasteiger charge is -2.16. The number of halogens is 7. The first-order valence-corrected chi connectivity index (χ1v) is 7.48. The third-order valence-electron chi connectivity index (χ3n) is 3.67. The van der Waals surface area contributed by atoms with Crippen LogP contribution in [-0.2, 0) is 6.42 Å². The van der Waals surface area contributed by atoms with E-state index >= 15 is 0 Å². The highest BCUT2D eigenvalue weighted by Gasteiger charge is 2.35. The van der Waals surface area contributed by atoms with Crippen LogP contribution < -0.4 is 16.2 Å². The van der Waals surface area contributed by atoms with E-state index in [-0.39, 0.29) is 5.56 Å². The molecule has 0 saturated carbocycles. The molecule has 2 aromatic rings. The first-order chi connectivity index (χ1) is 12.7. The molecule has 6 nitrogen and oxygen atoms in total. The van der Waals surface area contributed by atoms with E-state index in [1.165, 1.54) is 6.92 Å². The number of hydrogen-bond acceptors (Lipinski definition) is 4. The van der Waals surface area contributed by atoms with Gasteiger partial charge < -0.3 is 16.2 Å². The number of amides is 1. The zero-order valence-corrected chi connectivity index (χ0v) is 14.0. The number of anilines is 1. The fraction of sp³-hybridized carbons (Fsp3) is 0.333. The monoisotopic (exact) mass is 414 g/mol. The molecular weight excluding hydrogens is 401 g/mol. The molecule has 0 fully saturated rings. The maximum atomic E-state index is 13.9. The van der Waals surface area contributed by atoms with Gasteiger partial charge in [0.1, 0.15) is 11.4 Å². The second-order valence-corrected chi connectivity index (χ2v) is 5.72. The van der Waals surface area contributed by atoms with Gasteiger partial charge in [0.15, 0.2) is 11.6 Å². The summed E-state index contributed by atoms with van der Waals surface area (Å²) in [7, 11) is 0. The van der Waals surface area contributed by atoms with Crippen molar-refractivity contribution in [1.82, 2.24) is 9.78 Å². The molecule has 0 aliphatic rings. The van der Waals surface area contributed by atoms with Gasteiger partial charge in [-0.3, -0.25) is 4.79 Å². The van der Waals surface area contributed by atoms with Crippen LogP contribution in [0.5, 0.6) is 5.75 Å². The van der Waals surface area contributed by atoms with Gasteiger partial charge in [-0.1, -0.05) is 6.07 Å². The van der Waals surface area contributed by atoms with Crippen molar-refractivity contribution in [2.45, 2.75) is 31.9 Å². The van der Waals surface area contributed by atoms with Gasteiger partial charge in [-0.25, -0.2) is 9.07 Å². The highest BCUT2D eigenvalue weighted by Crippen LogP contribution is 2.32. The Morgan fingerprint density at radius 2 is 1.86 bits per heavy atom. The summed E-state index contributed by atoms with van der Waals surface area (Å²) >= 11 is 0. The maximum Gasteiger partial charge on any atom is 0.573 e. The number of aromatic nitrogens is 2. The Balaban J connectivity index is 2.44. The van der Waals surface area contributed by atoms with Gasteiger partial charge in [0, 0.05) is 0 Å². The number of alkyl halides is 6. The van der Waals surface area contributed by atoms with Crippen LogP contribution in [0.3, 0.4) is 0 Å².